The van der Waals surface area contributed by atoms with E-state index < -0.39 is 5.97 Å². The molecule has 110 valence electrons. The molecule has 0 aliphatic rings. The largest absolute Gasteiger partial charge is 0.489 e. The average molecular weight is 288 g/mol. The zero-order chi connectivity index (χ0) is 15.1. The number of carbonyl (C=O) groups is 1. The number of carboxylic acid groups (broad SMARTS) is 1. The molecule has 2 aromatic rings. The van der Waals surface area contributed by atoms with Gasteiger partial charge in [-0.2, -0.15) is 0 Å². The molecule has 1 N–H and O–H groups in total. The first-order valence-electron chi connectivity index (χ1n) is 6.36. The number of rotatable bonds is 7. The van der Waals surface area contributed by atoms with Gasteiger partial charge in [-0.15, -0.1) is 0 Å². The first kappa shape index (κ1) is 14.9. The lowest BCUT2D eigenvalue weighted by atomic mass is 10.2. The standard InChI is InChI=1S/C16H16O5/c1-19-11-21-15-9-13(7-8-14(15)16(17)18)20-10-12-5-3-2-4-6-12/h2-9H,10-11H2,1H3,(H,17,18). The second-order valence-corrected chi connectivity index (χ2v) is 4.29. The van der Waals surface area contributed by atoms with Gasteiger partial charge in [0.05, 0.1) is 0 Å². The zero-order valence-electron chi connectivity index (χ0n) is 11.6. The van der Waals surface area contributed by atoms with Crippen LogP contribution in [0.15, 0.2) is 48.5 Å². The summed E-state index contributed by atoms with van der Waals surface area (Å²) in [5.41, 5.74) is 1.10. The Morgan fingerprint density at radius 2 is 1.86 bits per heavy atom. The predicted octanol–water partition coefficient (Wildman–Crippen LogP) is 2.95. The van der Waals surface area contributed by atoms with Crippen molar-refractivity contribution < 1.29 is 24.1 Å². The zero-order valence-corrected chi connectivity index (χ0v) is 11.6. The second-order valence-electron chi connectivity index (χ2n) is 4.29. The highest BCUT2D eigenvalue weighted by atomic mass is 16.7. The van der Waals surface area contributed by atoms with Gasteiger partial charge in [0.15, 0.2) is 6.79 Å². The third-order valence-corrected chi connectivity index (χ3v) is 2.76. The van der Waals surface area contributed by atoms with Crippen molar-refractivity contribution in [2.75, 3.05) is 13.9 Å². The molecule has 0 saturated heterocycles. The van der Waals surface area contributed by atoms with Gasteiger partial charge in [0.1, 0.15) is 23.7 Å². The van der Waals surface area contributed by atoms with Crippen molar-refractivity contribution in [1.29, 1.82) is 0 Å². The molecule has 0 bridgehead atoms. The van der Waals surface area contributed by atoms with Crippen LogP contribution in [0, 0.1) is 0 Å². The summed E-state index contributed by atoms with van der Waals surface area (Å²) in [6.07, 6.45) is 0. The molecule has 0 heterocycles. The van der Waals surface area contributed by atoms with Crippen LogP contribution < -0.4 is 9.47 Å². The highest BCUT2D eigenvalue weighted by molar-refractivity contribution is 5.91. The minimum atomic E-state index is -1.06. The van der Waals surface area contributed by atoms with Gasteiger partial charge in [-0.3, -0.25) is 0 Å². The van der Waals surface area contributed by atoms with Gasteiger partial charge in [-0.25, -0.2) is 4.79 Å². The van der Waals surface area contributed by atoms with E-state index in [2.05, 4.69) is 0 Å². The molecule has 5 nitrogen and oxygen atoms in total. The summed E-state index contributed by atoms with van der Waals surface area (Å²) in [5.74, 6) is -0.305. The molecule has 2 rings (SSSR count). The maximum atomic E-state index is 11.1. The fraction of sp³-hybridized carbons (Fsp3) is 0.188. The van der Waals surface area contributed by atoms with E-state index in [4.69, 9.17) is 19.3 Å². The molecule has 2 aromatic carbocycles. The Morgan fingerprint density at radius 1 is 1.10 bits per heavy atom. The molecule has 0 fully saturated rings. The van der Waals surface area contributed by atoms with Crippen molar-refractivity contribution in [3.8, 4) is 11.5 Å². The Hall–Kier alpha value is -2.53. The maximum absolute atomic E-state index is 11.1. The number of benzene rings is 2. The van der Waals surface area contributed by atoms with E-state index in [1.807, 2.05) is 30.3 Å². The van der Waals surface area contributed by atoms with E-state index in [0.29, 0.717) is 12.4 Å². The van der Waals surface area contributed by atoms with Crippen molar-refractivity contribution in [3.63, 3.8) is 0 Å². The highest BCUT2D eigenvalue weighted by Gasteiger charge is 2.12. The molecule has 0 saturated carbocycles. The van der Waals surface area contributed by atoms with Gasteiger partial charge < -0.3 is 19.3 Å². The summed E-state index contributed by atoms with van der Waals surface area (Å²) in [6.45, 7) is 0.374. The second kappa shape index (κ2) is 7.31. The first-order chi connectivity index (χ1) is 10.2. The number of hydrogen-bond donors (Lipinski definition) is 1. The lowest BCUT2D eigenvalue weighted by Crippen LogP contribution is -2.06. The van der Waals surface area contributed by atoms with Crippen LogP contribution in [0.3, 0.4) is 0 Å². The van der Waals surface area contributed by atoms with E-state index in [1.165, 1.54) is 13.2 Å². The van der Waals surface area contributed by atoms with E-state index >= 15 is 0 Å². The summed E-state index contributed by atoms with van der Waals surface area (Å²) in [7, 11) is 1.47. The Morgan fingerprint density at radius 3 is 2.52 bits per heavy atom. The Balaban J connectivity index is 2.11. The summed E-state index contributed by atoms with van der Waals surface area (Å²) in [4.78, 5) is 11.1. The van der Waals surface area contributed by atoms with Gasteiger partial charge in [0.25, 0.3) is 0 Å². The Bertz CT molecular complexity index is 595. The monoisotopic (exact) mass is 288 g/mol. The SMILES string of the molecule is COCOc1cc(OCc2ccccc2)ccc1C(=O)O. The molecule has 0 aliphatic heterocycles. The summed E-state index contributed by atoms with van der Waals surface area (Å²) in [5, 5.41) is 9.10. The fourth-order valence-corrected chi connectivity index (χ4v) is 1.75. The molecule has 0 unspecified atom stereocenters. The van der Waals surface area contributed by atoms with Gasteiger partial charge in [-0.1, -0.05) is 30.3 Å². The van der Waals surface area contributed by atoms with Crippen molar-refractivity contribution in [2.45, 2.75) is 6.61 Å². The number of methoxy groups -OCH3 is 1. The maximum Gasteiger partial charge on any atom is 0.339 e. The van der Waals surface area contributed by atoms with Crippen molar-refractivity contribution in [2.24, 2.45) is 0 Å². The lowest BCUT2D eigenvalue weighted by molar-refractivity contribution is 0.0481. The molecule has 21 heavy (non-hydrogen) atoms. The number of ether oxygens (including phenoxy) is 3. The smallest absolute Gasteiger partial charge is 0.339 e. The predicted molar refractivity (Wildman–Crippen MR) is 76.7 cm³/mol. The van der Waals surface area contributed by atoms with E-state index in [0.717, 1.165) is 5.56 Å². The minimum absolute atomic E-state index is 0.0254. The molecule has 5 heteroatoms. The van der Waals surface area contributed by atoms with E-state index in [1.54, 1.807) is 12.1 Å². The summed E-state index contributed by atoms with van der Waals surface area (Å²) >= 11 is 0. The van der Waals surface area contributed by atoms with Crippen molar-refractivity contribution in [3.05, 3.63) is 59.7 Å². The normalized spacial score (nSPS) is 10.1. The minimum Gasteiger partial charge on any atom is -0.489 e. The van der Waals surface area contributed by atoms with Crippen LogP contribution in [0.4, 0.5) is 0 Å². The fourth-order valence-electron chi connectivity index (χ4n) is 1.75. The first-order valence-corrected chi connectivity index (χ1v) is 6.36. The average Bonchev–Trinajstić information content (AvgIpc) is 2.51. The molecule has 0 aliphatic carbocycles. The van der Waals surface area contributed by atoms with Crippen molar-refractivity contribution in [1.82, 2.24) is 0 Å². The third-order valence-electron chi connectivity index (χ3n) is 2.76. The molecule has 0 aromatic heterocycles. The number of carboxylic acids is 1. The van der Waals surface area contributed by atoms with Crippen LogP contribution in [-0.2, 0) is 11.3 Å². The van der Waals surface area contributed by atoms with Crippen LogP contribution in [0.1, 0.15) is 15.9 Å². The van der Waals surface area contributed by atoms with Crippen LogP contribution in [0.2, 0.25) is 0 Å². The topological polar surface area (TPSA) is 65.0 Å². The molecule has 0 amide bonds. The Kier molecular flexibility index (Phi) is 5.17. The van der Waals surface area contributed by atoms with Gasteiger partial charge >= 0.3 is 5.97 Å². The molecule has 0 spiro atoms. The highest BCUT2D eigenvalue weighted by Crippen LogP contribution is 2.25. The molecular weight excluding hydrogens is 272 g/mol. The Labute approximate surface area is 122 Å². The van der Waals surface area contributed by atoms with E-state index in [-0.39, 0.29) is 18.1 Å². The van der Waals surface area contributed by atoms with Crippen LogP contribution in [0.5, 0.6) is 11.5 Å². The van der Waals surface area contributed by atoms with E-state index in [9.17, 15) is 4.79 Å². The summed E-state index contributed by atoms with van der Waals surface area (Å²) < 4.78 is 15.7. The van der Waals surface area contributed by atoms with Crippen LogP contribution in [-0.4, -0.2) is 25.0 Å². The number of hydrogen-bond acceptors (Lipinski definition) is 4. The van der Waals surface area contributed by atoms with Gasteiger partial charge in [-0.05, 0) is 17.7 Å². The third kappa shape index (κ3) is 4.22. The van der Waals surface area contributed by atoms with Gasteiger partial charge in [0.2, 0.25) is 0 Å². The van der Waals surface area contributed by atoms with Gasteiger partial charge in [0, 0.05) is 13.2 Å². The molecule has 0 atom stereocenters. The van der Waals surface area contributed by atoms with Crippen molar-refractivity contribution >= 4 is 5.97 Å². The number of aromatic carboxylic acids is 1. The quantitative estimate of drug-likeness (QED) is 0.793. The lowest BCUT2D eigenvalue weighted by Gasteiger charge is -2.11. The molecule has 0 radical (unpaired) electrons. The van der Waals surface area contributed by atoms with Crippen LogP contribution >= 0.6 is 0 Å². The van der Waals surface area contributed by atoms with Crippen LogP contribution in [0.25, 0.3) is 0 Å². The summed E-state index contributed by atoms with van der Waals surface area (Å²) in [6, 6.07) is 14.3. The molecular formula is C16H16O5.